The third kappa shape index (κ3) is 4.14. The Morgan fingerprint density at radius 3 is 2.79 bits per heavy atom. The molecule has 0 aliphatic carbocycles. The molecule has 0 saturated carbocycles. The summed E-state index contributed by atoms with van der Waals surface area (Å²) < 4.78 is 1.52. The predicted octanol–water partition coefficient (Wildman–Crippen LogP) is 3.67. The molecule has 0 spiro atoms. The Labute approximate surface area is 129 Å². The summed E-state index contributed by atoms with van der Waals surface area (Å²) in [5.41, 5.74) is 8.47. The van der Waals surface area contributed by atoms with Gasteiger partial charge in [-0.1, -0.05) is 6.07 Å². The monoisotopic (exact) mass is 342 g/mol. The van der Waals surface area contributed by atoms with Crippen LogP contribution in [0.3, 0.4) is 0 Å². The van der Waals surface area contributed by atoms with E-state index in [1.165, 1.54) is 21.5 Å². The first-order valence-corrected chi connectivity index (χ1v) is 8.58. The first kappa shape index (κ1) is 15.2. The summed E-state index contributed by atoms with van der Waals surface area (Å²) in [5, 5.41) is 0. The second-order valence-electron chi connectivity index (χ2n) is 6.00. The van der Waals surface area contributed by atoms with Gasteiger partial charge >= 0.3 is 0 Å². The van der Waals surface area contributed by atoms with Crippen molar-refractivity contribution in [1.29, 1.82) is 0 Å². The van der Waals surface area contributed by atoms with Crippen molar-refractivity contribution >= 4 is 33.4 Å². The van der Waals surface area contributed by atoms with Crippen LogP contribution in [-0.2, 0) is 6.42 Å². The summed E-state index contributed by atoms with van der Waals surface area (Å²) in [6, 6.07) is 6.86. The molecule has 0 radical (unpaired) electrons. The topological polar surface area (TPSA) is 29.3 Å². The molecule has 2 N–H and O–H groups in total. The van der Waals surface area contributed by atoms with Crippen molar-refractivity contribution in [2.24, 2.45) is 5.73 Å². The van der Waals surface area contributed by atoms with Gasteiger partial charge in [0.05, 0.1) is 5.69 Å². The molecule has 2 rings (SSSR count). The van der Waals surface area contributed by atoms with Gasteiger partial charge in [0.1, 0.15) is 0 Å². The standard InChI is InChI=1S/C15H23BrN2S/c1-11(17)8-12-4-5-14(13(16)9-12)18-6-7-19-15(2,3)10-18/h4-5,9,11H,6-8,10,17H2,1-3H3. The van der Waals surface area contributed by atoms with Gasteiger partial charge < -0.3 is 10.6 Å². The number of rotatable bonds is 3. The van der Waals surface area contributed by atoms with Crippen LogP contribution >= 0.6 is 27.7 Å². The lowest BCUT2D eigenvalue weighted by Gasteiger charge is -2.39. The minimum atomic E-state index is 0.211. The van der Waals surface area contributed by atoms with Gasteiger partial charge in [0.2, 0.25) is 0 Å². The average molecular weight is 343 g/mol. The first-order valence-electron chi connectivity index (χ1n) is 6.80. The third-order valence-corrected chi connectivity index (χ3v) is 5.27. The van der Waals surface area contributed by atoms with Crippen LogP contribution in [0, 0.1) is 0 Å². The van der Waals surface area contributed by atoms with Crippen molar-refractivity contribution in [3.8, 4) is 0 Å². The maximum Gasteiger partial charge on any atom is 0.0511 e. The number of halogens is 1. The van der Waals surface area contributed by atoms with Gasteiger partial charge in [0, 0.05) is 34.1 Å². The van der Waals surface area contributed by atoms with Gasteiger partial charge in [-0.15, -0.1) is 0 Å². The minimum Gasteiger partial charge on any atom is -0.368 e. The van der Waals surface area contributed by atoms with E-state index < -0.39 is 0 Å². The van der Waals surface area contributed by atoms with Crippen LogP contribution in [0.15, 0.2) is 22.7 Å². The van der Waals surface area contributed by atoms with E-state index in [9.17, 15) is 0 Å². The van der Waals surface area contributed by atoms with Crippen molar-refractivity contribution in [1.82, 2.24) is 0 Å². The number of nitrogens with two attached hydrogens (primary N) is 1. The van der Waals surface area contributed by atoms with Crippen LogP contribution in [0.2, 0.25) is 0 Å². The van der Waals surface area contributed by atoms with Crippen molar-refractivity contribution in [2.45, 2.75) is 38.0 Å². The van der Waals surface area contributed by atoms with Gasteiger partial charge in [-0.3, -0.25) is 0 Å². The van der Waals surface area contributed by atoms with E-state index in [-0.39, 0.29) is 6.04 Å². The fourth-order valence-electron chi connectivity index (χ4n) is 2.53. The van der Waals surface area contributed by atoms with E-state index in [0.29, 0.717) is 4.75 Å². The Hall–Kier alpha value is -0.190. The van der Waals surface area contributed by atoms with Crippen molar-refractivity contribution in [3.63, 3.8) is 0 Å². The van der Waals surface area contributed by atoms with Crippen molar-refractivity contribution < 1.29 is 0 Å². The van der Waals surface area contributed by atoms with Crippen LogP contribution in [0.4, 0.5) is 5.69 Å². The van der Waals surface area contributed by atoms with Gasteiger partial charge in [-0.05, 0) is 60.8 Å². The molecular weight excluding hydrogens is 320 g/mol. The Bertz CT molecular complexity index is 446. The molecule has 1 fully saturated rings. The Kier molecular flexibility index (Phi) is 4.85. The van der Waals surface area contributed by atoms with Gasteiger partial charge in [0.15, 0.2) is 0 Å². The predicted molar refractivity (Wildman–Crippen MR) is 90.2 cm³/mol. The van der Waals surface area contributed by atoms with E-state index in [4.69, 9.17) is 5.73 Å². The maximum atomic E-state index is 5.86. The first-order chi connectivity index (χ1) is 8.87. The zero-order valence-electron chi connectivity index (χ0n) is 11.9. The highest BCUT2D eigenvalue weighted by Gasteiger charge is 2.27. The van der Waals surface area contributed by atoms with Crippen LogP contribution in [0.1, 0.15) is 26.3 Å². The summed E-state index contributed by atoms with van der Waals surface area (Å²) in [6.45, 7) is 8.92. The second-order valence-corrected chi connectivity index (χ2v) is 8.65. The summed E-state index contributed by atoms with van der Waals surface area (Å²) in [4.78, 5) is 2.48. The normalized spacial score (nSPS) is 20.4. The molecule has 1 aromatic rings. The largest absolute Gasteiger partial charge is 0.368 e. The smallest absolute Gasteiger partial charge is 0.0511 e. The number of anilines is 1. The summed E-state index contributed by atoms with van der Waals surface area (Å²) >= 11 is 5.78. The lowest BCUT2D eigenvalue weighted by molar-refractivity contribution is 0.647. The molecule has 106 valence electrons. The zero-order chi connectivity index (χ0) is 14.0. The molecule has 1 aromatic carbocycles. The molecule has 4 heteroatoms. The SMILES string of the molecule is CC(N)Cc1ccc(N2CCSC(C)(C)C2)c(Br)c1. The van der Waals surface area contributed by atoms with E-state index in [0.717, 1.165) is 19.5 Å². The van der Waals surface area contributed by atoms with E-state index in [1.54, 1.807) is 0 Å². The molecule has 1 atom stereocenters. The summed E-state index contributed by atoms with van der Waals surface area (Å²) in [6.07, 6.45) is 0.931. The lowest BCUT2D eigenvalue weighted by Crippen LogP contribution is -2.43. The fraction of sp³-hybridized carbons (Fsp3) is 0.600. The molecule has 1 aliphatic heterocycles. The van der Waals surface area contributed by atoms with Crippen molar-refractivity contribution in [3.05, 3.63) is 28.2 Å². The number of hydrogen-bond acceptors (Lipinski definition) is 3. The Morgan fingerprint density at radius 2 is 2.21 bits per heavy atom. The highest BCUT2D eigenvalue weighted by molar-refractivity contribution is 9.10. The Balaban J connectivity index is 2.16. The van der Waals surface area contributed by atoms with Crippen molar-refractivity contribution in [2.75, 3.05) is 23.7 Å². The minimum absolute atomic E-state index is 0.211. The zero-order valence-corrected chi connectivity index (χ0v) is 14.4. The van der Waals surface area contributed by atoms with Crippen LogP contribution in [-0.4, -0.2) is 29.6 Å². The molecule has 0 bridgehead atoms. The van der Waals surface area contributed by atoms with Gasteiger partial charge in [0.25, 0.3) is 0 Å². The second kappa shape index (κ2) is 6.06. The highest BCUT2D eigenvalue weighted by atomic mass is 79.9. The quantitative estimate of drug-likeness (QED) is 0.908. The summed E-state index contributed by atoms with van der Waals surface area (Å²) in [7, 11) is 0. The van der Waals surface area contributed by atoms with Gasteiger partial charge in [-0.2, -0.15) is 11.8 Å². The molecule has 2 nitrogen and oxygen atoms in total. The number of benzene rings is 1. The highest BCUT2D eigenvalue weighted by Crippen LogP contribution is 2.35. The maximum absolute atomic E-state index is 5.86. The fourth-order valence-corrected chi connectivity index (χ4v) is 4.32. The van der Waals surface area contributed by atoms with Gasteiger partial charge in [-0.25, -0.2) is 0 Å². The summed E-state index contributed by atoms with van der Waals surface area (Å²) in [5.74, 6) is 1.20. The number of thioether (sulfide) groups is 1. The third-order valence-electron chi connectivity index (χ3n) is 3.34. The molecule has 1 saturated heterocycles. The van der Waals surface area contributed by atoms with Crippen LogP contribution < -0.4 is 10.6 Å². The molecule has 1 heterocycles. The molecule has 0 amide bonds. The van der Waals surface area contributed by atoms with E-state index in [2.05, 4.69) is 64.6 Å². The molecular formula is C15H23BrN2S. The molecule has 19 heavy (non-hydrogen) atoms. The van der Waals surface area contributed by atoms with E-state index >= 15 is 0 Å². The van der Waals surface area contributed by atoms with E-state index in [1.807, 2.05) is 6.92 Å². The lowest BCUT2D eigenvalue weighted by atomic mass is 10.1. The number of hydrogen-bond donors (Lipinski definition) is 1. The van der Waals surface area contributed by atoms with Crippen LogP contribution in [0.5, 0.6) is 0 Å². The van der Waals surface area contributed by atoms with Crippen LogP contribution in [0.25, 0.3) is 0 Å². The Morgan fingerprint density at radius 1 is 1.47 bits per heavy atom. The molecule has 1 aliphatic rings. The number of nitrogens with zero attached hydrogens (tertiary/aromatic N) is 1. The average Bonchev–Trinajstić information content (AvgIpc) is 2.26. The molecule has 1 unspecified atom stereocenters. The molecule has 0 aromatic heterocycles.